The van der Waals surface area contributed by atoms with Crippen molar-refractivity contribution in [3.8, 4) is 6.07 Å². The number of amides is 3. The minimum atomic E-state index is -1.92. The Morgan fingerprint density at radius 3 is 2.50 bits per heavy atom. The van der Waals surface area contributed by atoms with Crippen LogP contribution in [0, 0.1) is 34.7 Å². The van der Waals surface area contributed by atoms with Gasteiger partial charge in [-0.05, 0) is 25.0 Å². The molecule has 0 spiro atoms. The number of carbonyl (C=O) groups is 3. The van der Waals surface area contributed by atoms with Gasteiger partial charge in [-0.25, -0.2) is 13.2 Å². The number of fused-ring (bicyclic) bond motifs is 1. The SMILES string of the molecule is C[Si](C)(C)C[C@H](NC(=O)c1cc2c(F)cc(F)c(F)c2[nH]1)C(=O)N[C@H](C#N)C[C@@H]1CCNC1=O. The van der Waals surface area contributed by atoms with Gasteiger partial charge in [0.15, 0.2) is 11.6 Å². The molecule has 0 unspecified atom stereocenters. The van der Waals surface area contributed by atoms with Crippen molar-refractivity contribution in [2.75, 3.05) is 6.54 Å². The van der Waals surface area contributed by atoms with Crippen LogP contribution in [0.4, 0.5) is 13.2 Å². The highest BCUT2D eigenvalue weighted by Crippen LogP contribution is 2.24. The van der Waals surface area contributed by atoms with Crippen molar-refractivity contribution < 1.29 is 27.6 Å². The van der Waals surface area contributed by atoms with Crippen molar-refractivity contribution in [2.45, 2.75) is 50.6 Å². The van der Waals surface area contributed by atoms with Crippen LogP contribution in [0.3, 0.4) is 0 Å². The van der Waals surface area contributed by atoms with Gasteiger partial charge in [-0.1, -0.05) is 19.6 Å². The predicted octanol–water partition coefficient (Wildman–Crippen LogP) is 2.56. The van der Waals surface area contributed by atoms with Crippen molar-refractivity contribution in [2.24, 2.45) is 5.92 Å². The summed E-state index contributed by atoms with van der Waals surface area (Å²) in [5.74, 6) is -5.71. The van der Waals surface area contributed by atoms with Crippen molar-refractivity contribution in [1.82, 2.24) is 20.9 Å². The van der Waals surface area contributed by atoms with E-state index in [0.717, 1.165) is 6.07 Å². The van der Waals surface area contributed by atoms with E-state index in [1.165, 1.54) is 0 Å². The highest BCUT2D eigenvalue weighted by Gasteiger charge is 2.32. The predicted molar refractivity (Wildman–Crippen MR) is 121 cm³/mol. The lowest BCUT2D eigenvalue weighted by Crippen LogP contribution is -2.52. The summed E-state index contributed by atoms with van der Waals surface area (Å²) >= 11 is 0. The molecule has 3 rings (SSSR count). The molecule has 0 radical (unpaired) electrons. The number of carbonyl (C=O) groups excluding carboxylic acids is 3. The summed E-state index contributed by atoms with van der Waals surface area (Å²) in [6, 6.07) is 1.79. The number of aromatic amines is 1. The topological polar surface area (TPSA) is 127 Å². The molecule has 3 atom stereocenters. The molecule has 4 N–H and O–H groups in total. The maximum Gasteiger partial charge on any atom is 0.268 e. The largest absolute Gasteiger partial charge is 0.356 e. The molecule has 1 aliphatic rings. The molecule has 3 amide bonds. The van der Waals surface area contributed by atoms with Gasteiger partial charge >= 0.3 is 0 Å². The van der Waals surface area contributed by atoms with Crippen LogP contribution in [0.2, 0.25) is 25.7 Å². The highest BCUT2D eigenvalue weighted by molar-refractivity contribution is 6.76. The number of nitriles is 1. The van der Waals surface area contributed by atoms with Crippen molar-refractivity contribution in [1.29, 1.82) is 5.26 Å². The molecule has 34 heavy (non-hydrogen) atoms. The van der Waals surface area contributed by atoms with Crippen molar-refractivity contribution in [3.05, 3.63) is 35.3 Å². The van der Waals surface area contributed by atoms with E-state index >= 15 is 0 Å². The summed E-state index contributed by atoms with van der Waals surface area (Å²) in [6.45, 7) is 6.47. The van der Waals surface area contributed by atoms with Crippen LogP contribution < -0.4 is 16.0 Å². The third kappa shape index (κ3) is 5.77. The first-order chi connectivity index (χ1) is 15.9. The first-order valence-corrected chi connectivity index (χ1v) is 14.5. The maximum absolute atomic E-state index is 14.0. The molecule has 182 valence electrons. The molecule has 8 nitrogen and oxygen atoms in total. The summed E-state index contributed by atoms with van der Waals surface area (Å²) in [5.41, 5.74) is -0.737. The Hall–Kier alpha value is -3.33. The standard InChI is InChI=1S/C22H26F3N5O3Si/c1-34(2,3)10-17(22(33)28-12(9-26)6-11-4-5-27-20(11)31)30-21(32)16-7-13-14(23)8-15(24)18(25)19(13)29-16/h7-8,11-12,17,29H,4-6,10H2,1-3H3,(H,27,31)(H,28,33)(H,30,32)/t11-,12-,17-/m0/s1. The lowest BCUT2D eigenvalue weighted by atomic mass is 9.99. The molecule has 2 aromatic rings. The zero-order valence-corrected chi connectivity index (χ0v) is 20.0. The third-order valence-corrected chi connectivity index (χ3v) is 7.23. The number of hydrogen-bond acceptors (Lipinski definition) is 4. The van der Waals surface area contributed by atoms with Crippen LogP contribution in [-0.2, 0) is 9.59 Å². The number of hydrogen-bond donors (Lipinski definition) is 4. The molecule has 0 saturated carbocycles. The molecule has 1 saturated heterocycles. The lowest BCUT2D eigenvalue weighted by molar-refractivity contribution is -0.125. The van der Waals surface area contributed by atoms with Crippen LogP contribution in [0.25, 0.3) is 10.9 Å². The number of halogens is 3. The number of aromatic nitrogens is 1. The zero-order chi connectivity index (χ0) is 25.2. The van der Waals surface area contributed by atoms with Crippen LogP contribution in [0.15, 0.2) is 12.1 Å². The Kier molecular flexibility index (Phi) is 7.35. The zero-order valence-electron chi connectivity index (χ0n) is 19.0. The van der Waals surface area contributed by atoms with Crippen LogP contribution in [-0.4, -0.2) is 49.4 Å². The molecule has 1 fully saturated rings. The Labute approximate surface area is 195 Å². The number of rotatable bonds is 8. The normalized spacial score (nSPS) is 17.7. The number of nitrogens with zero attached hydrogens (tertiary/aromatic N) is 1. The van der Waals surface area contributed by atoms with E-state index in [-0.39, 0.29) is 29.3 Å². The maximum atomic E-state index is 14.0. The van der Waals surface area contributed by atoms with E-state index in [0.29, 0.717) is 25.1 Å². The number of benzene rings is 1. The molecule has 12 heteroatoms. The van der Waals surface area contributed by atoms with Gasteiger partial charge in [-0.3, -0.25) is 14.4 Å². The second kappa shape index (κ2) is 9.88. The van der Waals surface area contributed by atoms with Crippen LogP contribution in [0.5, 0.6) is 0 Å². The fraction of sp³-hybridized carbons (Fsp3) is 0.455. The summed E-state index contributed by atoms with van der Waals surface area (Å²) in [5, 5.41) is 17.0. The molecule has 1 aromatic heterocycles. The fourth-order valence-corrected chi connectivity index (χ4v) is 5.45. The second-order valence-corrected chi connectivity index (χ2v) is 15.1. The van der Waals surface area contributed by atoms with Gasteiger partial charge in [-0.2, -0.15) is 5.26 Å². The molecule has 1 aliphatic heterocycles. The van der Waals surface area contributed by atoms with Gasteiger partial charge in [0, 0.05) is 32.0 Å². The van der Waals surface area contributed by atoms with Crippen LogP contribution >= 0.6 is 0 Å². The molecular formula is C22H26F3N5O3Si. The van der Waals surface area contributed by atoms with E-state index in [9.17, 15) is 32.8 Å². The highest BCUT2D eigenvalue weighted by atomic mass is 28.3. The monoisotopic (exact) mass is 493 g/mol. The Bertz CT molecular complexity index is 1170. The summed E-state index contributed by atoms with van der Waals surface area (Å²) in [4.78, 5) is 40.0. The average Bonchev–Trinajstić information content (AvgIpc) is 3.37. The minimum absolute atomic E-state index is 0.147. The van der Waals surface area contributed by atoms with E-state index in [4.69, 9.17) is 0 Å². The van der Waals surface area contributed by atoms with Gasteiger partial charge in [0.25, 0.3) is 5.91 Å². The van der Waals surface area contributed by atoms with E-state index in [1.807, 2.05) is 25.7 Å². The number of H-pyrrole nitrogens is 1. The Morgan fingerprint density at radius 1 is 1.21 bits per heavy atom. The molecule has 0 bridgehead atoms. The van der Waals surface area contributed by atoms with Crippen molar-refractivity contribution >= 4 is 36.7 Å². The number of nitrogens with one attached hydrogen (secondary N) is 4. The fourth-order valence-electron chi connectivity index (χ4n) is 3.94. The summed E-state index contributed by atoms with van der Waals surface area (Å²) in [6.07, 6.45) is 0.712. The molecule has 0 aliphatic carbocycles. The molecule has 2 heterocycles. The first-order valence-electron chi connectivity index (χ1n) is 10.8. The Balaban J connectivity index is 1.78. The average molecular weight is 494 g/mol. The van der Waals surface area contributed by atoms with E-state index in [2.05, 4.69) is 20.9 Å². The summed E-state index contributed by atoms with van der Waals surface area (Å²) < 4.78 is 41.6. The van der Waals surface area contributed by atoms with Crippen LogP contribution in [0.1, 0.15) is 23.3 Å². The quantitative estimate of drug-likeness (QED) is 0.333. The van der Waals surface area contributed by atoms with Gasteiger partial charge in [0.2, 0.25) is 11.8 Å². The third-order valence-electron chi connectivity index (χ3n) is 5.60. The van der Waals surface area contributed by atoms with E-state index < -0.39 is 54.9 Å². The molecular weight excluding hydrogens is 467 g/mol. The lowest BCUT2D eigenvalue weighted by Gasteiger charge is -2.26. The van der Waals surface area contributed by atoms with Gasteiger partial charge in [-0.15, -0.1) is 0 Å². The van der Waals surface area contributed by atoms with Gasteiger partial charge < -0.3 is 20.9 Å². The summed E-state index contributed by atoms with van der Waals surface area (Å²) in [7, 11) is -1.92. The van der Waals surface area contributed by atoms with Gasteiger partial charge in [0.1, 0.15) is 23.6 Å². The smallest absolute Gasteiger partial charge is 0.268 e. The van der Waals surface area contributed by atoms with E-state index in [1.54, 1.807) is 0 Å². The molecule has 1 aromatic carbocycles. The first kappa shape index (κ1) is 25.3. The second-order valence-electron chi connectivity index (χ2n) is 9.62. The van der Waals surface area contributed by atoms with Crippen molar-refractivity contribution in [3.63, 3.8) is 0 Å². The Morgan fingerprint density at radius 2 is 1.91 bits per heavy atom. The van der Waals surface area contributed by atoms with Gasteiger partial charge in [0.05, 0.1) is 11.6 Å². The minimum Gasteiger partial charge on any atom is -0.356 e.